The van der Waals surface area contributed by atoms with Gasteiger partial charge in [-0.2, -0.15) is 0 Å². The van der Waals surface area contributed by atoms with Gasteiger partial charge in [0, 0.05) is 20.1 Å². The number of nitrogens with zero attached hydrogens (tertiary/aromatic N) is 5. The Morgan fingerprint density at radius 3 is 2.73 bits per heavy atom. The van der Waals surface area contributed by atoms with Gasteiger partial charge in [0.25, 0.3) is 5.56 Å². The first-order valence-corrected chi connectivity index (χ1v) is 9.32. The average Bonchev–Trinajstić information content (AvgIpc) is 3.10. The van der Waals surface area contributed by atoms with Crippen molar-refractivity contribution >= 4 is 34.3 Å². The van der Waals surface area contributed by atoms with Crippen molar-refractivity contribution in [2.45, 2.75) is 17.3 Å². The van der Waals surface area contributed by atoms with Crippen molar-refractivity contribution in [1.29, 1.82) is 0 Å². The Kier molecular flexibility index (Phi) is 4.41. The van der Waals surface area contributed by atoms with Crippen molar-refractivity contribution in [3.8, 4) is 0 Å². The zero-order chi connectivity index (χ0) is 18.3. The van der Waals surface area contributed by atoms with Crippen LogP contribution < -0.4 is 5.56 Å². The van der Waals surface area contributed by atoms with Gasteiger partial charge in [0.05, 0.1) is 29.4 Å². The first-order valence-electron chi connectivity index (χ1n) is 8.44. The minimum atomic E-state index is -0.309. The highest BCUT2D eigenvalue weighted by Gasteiger charge is 2.25. The van der Waals surface area contributed by atoms with E-state index in [2.05, 4.69) is 10.2 Å². The quantitative estimate of drug-likeness (QED) is 0.635. The summed E-state index contributed by atoms with van der Waals surface area (Å²) in [5.41, 5.74) is 0.624. The minimum absolute atomic E-state index is 0.0594. The molecule has 0 saturated carbocycles. The molecule has 136 valence electrons. The second-order valence-electron chi connectivity index (χ2n) is 6.20. The van der Waals surface area contributed by atoms with Gasteiger partial charge in [-0.15, -0.1) is 10.2 Å². The van der Waals surface area contributed by atoms with Gasteiger partial charge in [-0.3, -0.25) is 18.6 Å². The zero-order valence-electron chi connectivity index (χ0n) is 14.6. The van der Waals surface area contributed by atoms with Gasteiger partial charge in [0.15, 0.2) is 5.16 Å². The van der Waals surface area contributed by atoms with Crippen molar-refractivity contribution in [2.24, 2.45) is 7.05 Å². The summed E-state index contributed by atoms with van der Waals surface area (Å²) in [7, 11) is 1.68. The van der Waals surface area contributed by atoms with E-state index < -0.39 is 0 Å². The van der Waals surface area contributed by atoms with E-state index in [0.717, 1.165) is 5.52 Å². The number of morpholine rings is 1. The first kappa shape index (κ1) is 17.0. The number of hydrogen-bond acceptors (Lipinski definition) is 6. The van der Waals surface area contributed by atoms with Crippen LogP contribution in [0.25, 0.3) is 16.7 Å². The molecule has 0 bridgehead atoms. The molecule has 0 aliphatic carbocycles. The van der Waals surface area contributed by atoms with Gasteiger partial charge in [-0.1, -0.05) is 23.9 Å². The second kappa shape index (κ2) is 6.73. The number of thioether (sulfide) groups is 1. The third-order valence-corrected chi connectivity index (χ3v) is 5.58. The molecule has 0 spiro atoms. The SMILES string of the molecule is C[C@@H](Sc1nnc2n(C)c(=O)c3ccccc3n12)C(=O)N1CCOCC1. The Morgan fingerprint density at radius 2 is 1.96 bits per heavy atom. The molecule has 0 N–H and O–H groups in total. The van der Waals surface area contributed by atoms with Crippen molar-refractivity contribution in [1.82, 2.24) is 24.1 Å². The van der Waals surface area contributed by atoms with Gasteiger partial charge in [0.1, 0.15) is 0 Å². The number of benzene rings is 1. The molecule has 4 rings (SSSR count). The zero-order valence-corrected chi connectivity index (χ0v) is 15.4. The van der Waals surface area contributed by atoms with E-state index in [1.165, 1.54) is 16.3 Å². The lowest BCUT2D eigenvalue weighted by atomic mass is 10.2. The fourth-order valence-corrected chi connectivity index (χ4v) is 4.08. The number of amides is 1. The molecule has 1 aromatic carbocycles. The molecule has 2 aromatic heterocycles. The van der Waals surface area contributed by atoms with Crippen LogP contribution in [0.3, 0.4) is 0 Å². The molecule has 1 aliphatic heterocycles. The lowest BCUT2D eigenvalue weighted by Gasteiger charge is -2.28. The maximum Gasteiger partial charge on any atom is 0.262 e. The molecule has 1 atom stereocenters. The Hall–Kier alpha value is -2.39. The van der Waals surface area contributed by atoms with Gasteiger partial charge < -0.3 is 9.64 Å². The van der Waals surface area contributed by atoms with Gasteiger partial charge in [-0.05, 0) is 19.1 Å². The Labute approximate surface area is 153 Å². The maximum atomic E-state index is 12.7. The predicted molar refractivity (Wildman–Crippen MR) is 98.5 cm³/mol. The van der Waals surface area contributed by atoms with Crippen molar-refractivity contribution in [3.63, 3.8) is 0 Å². The standard InChI is InChI=1S/C17H19N5O3S/c1-11(14(23)21-7-9-25-10-8-21)26-17-19-18-16-20(2)15(24)12-5-3-4-6-13(12)22(16)17/h3-6,11H,7-10H2,1-2H3/t11-/m1/s1. The first-order chi connectivity index (χ1) is 12.6. The van der Waals surface area contributed by atoms with E-state index >= 15 is 0 Å². The van der Waals surface area contributed by atoms with Gasteiger partial charge >= 0.3 is 0 Å². The molecule has 3 heterocycles. The number of fused-ring (bicyclic) bond motifs is 3. The van der Waals surface area contributed by atoms with Crippen LogP contribution in [0, 0.1) is 0 Å². The van der Waals surface area contributed by atoms with E-state index in [9.17, 15) is 9.59 Å². The topological polar surface area (TPSA) is 81.7 Å². The number of aryl methyl sites for hydroxylation is 1. The lowest BCUT2D eigenvalue weighted by molar-refractivity contribution is -0.134. The molecule has 1 fully saturated rings. The summed E-state index contributed by atoms with van der Waals surface area (Å²) in [6.45, 7) is 4.24. The van der Waals surface area contributed by atoms with Crippen LogP contribution in [0.5, 0.6) is 0 Å². The average molecular weight is 373 g/mol. The summed E-state index contributed by atoms with van der Waals surface area (Å²) in [5, 5.41) is 9.28. The molecular formula is C17H19N5O3S. The molecular weight excluding hydrogens is 354 g/mol. The van der Waals surface area contributed by atoms with Crippen molar-refractivity contribution in [2.75, 3.05) is 26.3 Å². The predicted octanol–water partition coefficient (Wildman–Crippen LogP) is 0.921. The number of carbonyl (C=O) groups is 1. The van der Waals surface area contributed by atoms with Crippen LogP contribution in [0.2, 0.25) is 0 Å². The summed E-state index contributed by atoms with van der Waals surface area (Å²) in [4.78, 5) is 27.0. The van der Waals surface area contributed by atoms with Crippen LogP contribution >= 0.6 is 11.8 Å². The van der Waals surface area contributed by atoms with Crippen LogP contribution in [-0.2, 0) is 16.6 Å². The highest BCUT2D eigenvalue weighted by molar-refractivity contribution is 8.00. The third-order valence-electron chi connectivity index (χ3n) is 4.55. The van der Waals surface area contributed by atoms with Crippen LogP contribution in [0.1, 0.15) is 6.92 Å². The smallest absolute Gasteiger partial charge is 0.262 e. The fourth-order valence-electron chi connectivity index (χ4n) is 3.14. The number of aromatic nitrogens is 4. The largest absolute Gasteiger partial charge is 0.378 e. The summed E-state index contributed by atoms with van der Waals surface area (Å²) in [6.07, 6.45) is 0. The highest BCUT2D eigenvalue weighted by Crippen LogP contribution is 2.26. The van der Waals surface area contributed by atoms with E-state index in [1.807, 2.05) is 34.4 Å². The Bertz CT molecular complexity index is 1040. The molecule has 0 unspecified atom stereocenters. The number of carbonyl (C=O) groups excluding carboxylic acids is 1. The van der Waals surface area contributed by atoms with Crippen molar-refractivity contribution < 1.29 is 9.53 Å². The van der Waals surface area contributed by atoms with Crippen molar-refractivity contribution in [3.05, 3.63) is 34.6 Å². The fraction of sp³-hybridized carbons (Fsp3) is 0.412. The summed E-state index contributed by atoms with van der Waals surface area (Å²) < 4.78 is 8.62. The molecule has 8 nitrogen and oxygen atoms in total. The second-order valence-corrected chi connectivity index (χ2v) is 7.50. The highest BCUT2D eigenvalue weighted by atomic mass is 32.2. The van der Waals surface area contributed by atoms with E-state index in [4.69, 9.17) is 4.74 Å². The number of ether oxygens (including phenoxy) is 1. The van der Waals surface area contributed by atoms with Crippen LogP contribution in [0.4, 0.5) is 0 Å². The molecule has 1 saturated heterocycles. The normalized spacial score (nSPS) is 16.3. The van der Waals surface area contributed by atoms with Gasteiger partial charge in [-0.25, -0.2) is 0 Å². The molecule has 26 heavy (non-hydrogen) atoms. The number of para-hydroxylation sites is 1. The molecule has 1 aliphatic rings. The summed E-state index contributed by atoms with van der Waals surface area (Å²) >= 11 is 1.35. The van der Waals surface area contributed by atoms with Crippen LogP contribution in [-0.4, -0.2) is 61.5 Å². The van der Waals surface area contributed by atoms with E-state index in [-0.39, 0.29) is 16.7 Å². The molecule has 9 heteroatoms. The van der Waals surface area contributed by atoms with E-state index in [1.54, 1.807) is 13.1 Å². The Balaban J connectivity index is 1.73. The van der Waals surface area contributed by atoms with Crippen LogP contribution in [0.15, 0.2) is 34.2 Å². The molecule has 1 amide bonds. The molecule has 0 radical (unpaired) electrons. The monoisotopic (exact) mass is 373 g/mol. The summed E-state index contributed by atoms with van der Waals surface area (Å²) in [6, 6.07) is 7.36. The molecule has 3 aromatic rings. The maximum absolute atomic E-state index is 12.7. The number of rotatable bonds is 3. The van der Waals surface area contributed by atoms with E-state index in [0.29, 0.717) is 42.6 Å². The lowest BCUT2D eigenvalue weighted by Crippen LogP contribution is -2.44. The Morgan fingerprint density at radius 1 is 1.23 bits per heavy atom. The number of hydrogen-bond donors (Lipinski definition) is 0. The summed E-state index contributed by atoms with van der Waals surface area (Å²) in [5.74, 6) is 0.520. The van der Waals surface area contributed by atoms with Gasteiger partial charge in [0.2, 0.25) is 11.7 Å². The third kappa shape index (κ3) is 2.77. The minimum Gasteiger partial charge on any atom is -0.378 e.